The minimum absolute atomic E-state index is 0.0920. The number of rotatable bonds is 6. The van der Waals surface area contributed by atoms with Crippen molar-refractivity contribution in [2.24, 2.45) is 0 Å². The molecule has 1 saturated heterocycles. The van der Waals surface area contributed by atoms with E-state index in [2.05, 4.69) is 36.8 Å². The summed E-state index contributed by atoms with van der Waals surface area (Å²) in [6.45, 7) is 6.35. The molecule has 1 aliphatic rings. The fourth-order valence-electron chi connectivity index (χ4n) is 3.04. The maximum Gasteiger partial charge on any atom is 0.233 e. The van der Waals surface area contributed by atoms with E-state index in [9.17, 15) is 4.79 Å². The van der Waals surface area contributed by atoms with Gasteiger partial charge in [-0.25, -0.2) is 4.98 Å². The lowest BCUT2D eigenvalue weighted by atomic mass is 10.2. The number of carbonyl (C=O) groups excluding carboxylic acids is 1. The van der Waals surface area contributed by atoms with Crippen molar-refractivity contribution in [1.29, 1.82) is 0 Å². The van der Waals surface area contributed by atoms with Crippen LogP contribution >= 0.6 is 0 Å². The van der Waals surface area contributed by atoms with Crippen molar-refractivity contribution in [2.75, 3.05) is 46.3 Å². The van der Waals surface area contributed by atoms with Crippen LogP contribution in [0.1, 0.15) is 0 Å². The molecular formula is C18H25N5O. The number of amides is 1. The van der Waals surface area contributed by atoms with Crippen LogP contribution in [0.5, 0.6) is 0 Å². The summed E-state index contributed by atoms with van der Waals surface area (Å²) in [7, 11) is 1.69. The number of nitrogens with zero attached hydrogens (tertiary/aromatic N) is 4. The fraction of sp³-hybridized carbons (Fsp3) is 0.444. The third kappa shape index (κ3) is 4.21. The largest absolute Gasteiger partial charge is 0.358 e. The third-order valence-electron chi connectivity index (χ3n) is 4.52. The zero-order valence-electron chi connectivity index (χ0n) is 14.2. The molecule has 1 amide bonds. The minimum atomic E-state index is 0.0920. The molecule has 6 heteroatoms. The van der Waals surface area contributed by atoms with Crippen LogP contribution in [0, 0.1) is 0 Å². The Morgan fingerprint density at radius 3 is 2.50 bits per heavy atom. The van der Waals surface area contributed by atoms with Gasteiger partial charge < -0.3 is 9.88 Å². The Balaban J connectivity index is 1.50. The smallest absolute Gasteiger partial charge is 0.233 e. The van der Waals surface area contributed by atoms with Gasteiger partial charge in [-0.15, -0.1) is 0 Å². The van der Waals surface area contributed by atoms with E-state index in [-0.39, 0.29) is 5.91 Å². The number of piperazine rings is 1. The van der Waals surface area contributed by atoms with Crippen LogP contribution < -0.4 is 5.32 Å². The van der Waals surface area contributed by atoms with Crippen molar-refractivity contribution in [1.82, 2.24) is 24.7 Å². The first-order valence-corrected chi connectivity index (χ1v) is 8.48. The normalized spacial score (nSPS) is 16.2. The second-order valence-corrected chi connectivity index (χ2v) is 6.10. The Morgan fingerprint density at radius 2 is 1.79 bits per heavy atom. The number of hydrogen-bond donors (Lipinski definition) is 1. The molecule has 1 aromatic heterocycles. The molecule has 0 aliphatic carbocycles. The number of benzene rings is 1. The molecule has 128 valence electrons. The van der Waals surface area contributed by atoms with Gasteiger partial charge in [-0.05, 0) is 0 Å². The number of aromatic nitrogens is 2. The SMILES string of the molecule is CNC(=O)CN1CCN(CCn2ccnc2-c2ccccc2)CC1. The van der Waals surface area contributed by atoms with E-state index in [0.717, 1.165) is 50.7 Å². The van der Waals surface area contributed by atoms with Crippen molar-refractivity contribution in [3.8, 4) is 11.4 Å². The zero-order valence-corrected chi connectivity index (χ0v) is 14.2. The first-order valence-electron chi connectivity index (χ1n) is 8.48. The van der Waals surface area contributed by atoms with Crippen molar-refractivity contribution >= 4 is 5.91 Å². The number of imidazole rings is 1. The molecule has 1 aromatic carbocycles. The van der Waals surface area contributed by atoms with Gasteiger partial charge in [0.15, 0.2) is 0 Å². The van der Waals surface area contributed by atoms with Crippen LogP contribution in [-0.2, 0) is 11.3 Å². The molecule has 0 bridgehead atoms. The molecule has 1 aliphatic heterocycles. The van der Waals surface area contributed by atoms with Gasteiger partial charge in [0.2, 0.25) is 5.91 Å². The molecule has 0 unspecified atom stereocenters. The Kier molecular flexibility index (Phi) is 5.61. The summed E-state index contributed by atoms with van der Waals surface area (Å²) in [5.41, 5.74) is 1.15. The molecule has 1 N–H and O–H groups in total. The summed E-state index contributed by atoms with van der Waals surface area (Å²) in [5, 5.41) is 2.68. The summed E-state index contributed by atoms with van der Waals surface area (Å²) in [6, 6.07) is 10.3. The molecule has 6 nitrogen and oxygen atoms in total. The van der Waals surface area contributed by atoms with Crippen molar-refractivity contribution in [2.45, 2.75) is 6.54 Å². The van der Waals surface area contributed by atoms with Crippen LogP contribution in [0.4, 0.5) is 0 Å². The maximum absolute atomic E-state index is 11.4. The van der Waals surface area contributed by atoms with Gasteiger partial charge in [-0.1, -0.05) is 30.3 Å². The van der Waals surface area contributed by atoms with E-state index in [1.165, 1.54) is 0 Å². The van der Waals surface area contributed by atoms with Crippen molar-refractivity contribution in [3.05, 3.63) is 42.7 Å². The highest BCUT2D eigenvalue weighted by molar-refractivity contribution is 5.77. The lowest BCUT2D eigenvalue weighted by Crippen LogP contribution is -2.49. The highest BCUT2D eigenvalue weighted by Gasteiger charge is 2.18. The second-order valence-electron chi connectivity index (χ2n) is 6.10. The van der Waals surface area contributed by atoms with Gasteiger partial charge in [-0.2, -0.15) is 0 Å². The highest BCUT2D eigenvalue weighted by Crippen LogP contribution is 2.16. The lowest BCUT2D eigenvalue weighted by Gasteiger charge is -2.34. The predicted octanol–water partition coefficient (Wildman–Crippen LogP) is 0.914. The standard InChI is InChI=1S/C18H25N5O/c1-19-17(24)15-22-11-9-21(10-12-22)13-14-23-8-7-20-18(23)16-5-3-2-4-6-16/h2-8H,9-15H2,1H3,(H,19,24). The average Bonchev–Trinajstić information content (AvgIpc) is 3.10. The summed E-state index contributed by atoms with van der Waals surface area (Å²) >= 11 is 0. The van der Waals surface area contributed by atoms with Crippen LogP contribution in [0.3, 0.4) is 0 Å². The van der Waals surface area contributed by atoms with Gasteiger partial charge >= 0.3 is 0 Å². The van der Waals surface area contributed by atoms with Crippen LogP contribution in [0.2, 0.25) is 0 Å². The van der Waals surface area contributed by atoms with Gasteiger partial charge in [-0.3, -0.25) is 14.6 Å². The van der Waals surface area contributed by atoms with Crippen molar-refractivity contribution in [3.63, 3.8) is 0 Å². The molecule has 0 spiro atoms. The van der Waals surface area contributed by atoms with Crippen LogP contribution in [0.15, 0.2) is 42.7 Å². The van der Waals surface area contributed by atoms with E-state index >= 15 is 0 Å². The Morgan fingerprint density at radius 1 is 1.08 bits per heavy atom. The number of hydrogen-bond acceptors (Lipinski definition) is 4. The minimum Gasteiger partial charge on any atom is -0.358 e. The number of likely N-dealkylation sites (N-methyl/N-ethyl adjacent to an activating group) is 1. The Bertz CT molecular complexity index is 646. The first-order chi connectivity index (χ1) is 11.8. The summed E-state index contributed by atoms with van der Waals surface area (Å²) in [5.74, 6) is 1.11. The molecule has 1 fully saturated rings. The maximum atomic E-state index is 11.4. The molecule has 2 aromatic rings. The van der Waals surface area contributed by atoms with E-state index < -0.39 is 0 Å². The van der Waals surface area contributed by atoms with Crippen LogP contribution in [-0.4, -0.2) is 71.6 Å². The molecule has 3 rings (SSSR count). The van der Waals surface area contributed by atoms with Crippen LogP contribution in [0.25, 0.3) is 11.4 Å². The Hall–Kier alpha value is -2.18. The van der Waals surface area contributed by atoms with Gasteiger partial charge in [0, 0.05) is 64.3 Å². The predicted molar refractivity (Wildman–Crippen MR) is 94.6 cm³/mol. The quantitative estimate of drug-likeness (QED) is 0.857. The van der Waals surface area contributed by atoms with E-state index in [1.54, 1.807) is 7.05 Å². The molecule has 0 saturated carbocycles. The number of carbonyl (C=O) groups is 1. The monoisotopic (exact) mass is 327 g/mol. The van der Waals surface area contributed by atoms with E-state index in [4.69, 9.17) is 0 Å². The van der Waals surface area contributed by atoms with E-state index in [0.29, 0.717) is 6.54 Å². The zero-order chi connectivity index (χ0) is 16.8. The number of nitrogens with one attached hydrogen (secondary N) is 1. The average molecular weight is 327 g/mol. The highest BCUT2D eigenvalue weighted by atomic mass is 16.1. The van der Waals surface area contributed by atoms with Gasteiger partial charge in [0.1, 0.15) is 5.82 Å². The molecule has 2 heterocycles. The lowest BCUT2D eigenvalue weighted by molar-refractivity contribution is -0.122. The third-order valence-corrected chi connectivity index (χ3v) is 4.52. The fourth-order valence-corrected chi connectivity index (χ4v) is 3.04. The summed E-state index contributed by atoms with van der Waals surface area (Å²) < 4.78 is 2.21. The van der Waals surface area contributed by atoms with E-state index in [1.807, 2.05) is 30.6 Å². The van der Waals surface area contributed by atoms with Crippen molar-refractivity contribution < 1.29 is 4.79 Å². The molecular weight excluding hydrogens is 302 g/mol. The molecule has 24 heavy (non-hydrogen) atoms. The van der Waals surface area contributed by atoms with Gasteiger partial charge in [0.25, 0.3) is 0 Å². The molecule has 0 radical (unpaired) electrons. The molecule has 0 atom stereocenters. The second kappa shape index (κ2) is 8.08. The topological polar surface area (TPSA) is 53.4 Å². The Labute approximate surface area is 143 Å². The summed E-state index contributed by atoms with van der Waals surface area (Å²) in [4.78, 5) is 20.6. The van der Waals surface area contributed by atoms with Gasteiger partial charge in [0.05, 0.1) is 6.54 Å². The first kappa shape index (κ1) is 16.7. The summed E-state index contributed by atoms with van der Waals surface area (Å²) in [6.07, 6.45) is 3.91.